The zero-order valence-electron chi connectivity index (χ0n) is 16.3. The number of nitrogens with zero attached hydrogens (tertiary/aromatic N) is 4. The third-order valence-electron chi connectivity index (χ3n) is 5.50. The molecule has 0 bridgehead atoms. The monoisotopic (exact) mass is 416 g/mol. The molecule has 0 saturated carbocycles. The molecule has 8 nitrogen and oxygen atoms in total. The van der Waals surface area contributed by atoms with Crippen molar-refractivity contribution >= 4 is 21.9 Å². The number of amides is 1. The van der Waals surface area contributed by atoms with Crippen LogP contribution in [0.25, 0.3) is 0 Å². The van der Waals surface area contributed by atoms with Crippen molar-refractivity contribution in [2.75, 3.05) is 30.9 Å². The molecule has 2 saturated heterocycles. The molecule has 2 fully saturated rings. The van der Waals surface area contributed by atoms with Crippen LogP contribution in [0.3, 0.4) is 0 Å². The first-order chi connectivity index (χ1) is 13.9. The van der Waals surface area contributed by atoms with Gasteiger partial charge in [-0.15, -0.1) is 0 Å². The summed E-state index contributed by atoms with van der Waals surface area (Å²) in [6.45, 7) is 1.25. The Hall–Kier alpha value is -2.52. The average molecular weight is 417 g/mol. The summed E-state index contributed by atoms with van der Waals surface area (Å²) in [7, 11) is -3.17. The minimum atomic E-state index is -3.17. The summed E-state index contributed by atoms with van der Waals surface area (Å²) in [4.78, 5) is 23.0. The lowest BCUT2D eigenvalue weighted by Crippen LogP contribution is -2.38. The Kier molecular flexibility index (Phi) is 5.51. The van der Waals surface area contributed by atoms with E-state index in [-0.39, 0.29) is 12.0 Å². The van der Waals surface area contributed by atoms with Gasteiger partial charge in [0.15, 0.2) is 5.82 Å². The number of benzene rings is 1. The Bertz CT molecular complexity index is 975. The number of aromatic nitrogens is 2. The third kappa shape index (κ3) is 4.40. The molecule has 4 rings (SSSR count). The van der Waals surface area contributed by atoms with Crippen molar-refractivity contribution in [3.63, 3.8) is 0 Å². The molecule has 1 aromatic heterocycles. The van der Waals surface area contributed by atoms with Crippen LogP contribution in [0.5, 0.6) is 0 Å². The molecule has 0 spiro atoms. The topological polar surface area (TPSA) is 92.7 Å². The van der Waals surface area contributed by atoms with Gasteiger partial charge in [0, 0.05) is 25.2 Å². The molecule has 0 aliphatic carbocycles. The smallest absolute Gasteiger partial charge is 0.415 e. The molecule has 2 aliphatic rings. The Morgan fingerprint density at radius 3 is 2.55 bits per heavy atom. The van der Waals surface area contributed by atoms with Crippen molar-refractivity contribution in [1.82, 2.24) is 14.3 Å². The molecule has 1 amide bonds. The van der Waals surface area contributed by atoms with Crippen LogP contribution in [-0.4, -0.2) is 60.8 Å². The Balaban J connectivity index is 1.51. The van der Waals surface area contributed by atoms with Gasteiger partial charge in [0.1, 0.15) is 6.61 Å². The summed E-state index contributed by atoms with van der Waals surface area (Å²) in [5, 5.41) is 0. The van der Waals surface area contributed by atoms with E-state index in [1.165, 1.54) is 10.6 Å². The Morgan fingerprint density at radius 1 is 1.14 bits per heavy atom. The van der Waals surface area contributed by atoms with Crippen molar-refractivity contribution in [3.8, 4) is 0 Å². The van der Waals surface area contributed by atoms with Crippen LogP contribution in [0.2, 0.25) is 0 Å². The normalized spacial score (nSPS) is 21.3. The van der Waals surface area contributed by atoms with Crippen LogP contribution in [0.4, 0.5) is 10.6 Å². The number of hydrogen-bond donors (Lipinski definition) is 0. The van der Waals surface area contributed by atoms with Crippen molar-refractivity contribution in [3.05, 3.63) is 54.0 Å². The van der Waals surface area contributed by atoms with Crippen molar-refractivity contribution < 1.29 is 17.9 Å². The van der Waals surface area contributed by atoms with E-state index in [1.807, 2.05) is 30.3 Å². The van der Waals surface area contributed by atoms with Crippen LogP contribution in [-0.2, 0) is 21.2 Å². The standard InChI is InChI=1S/C20H24N4O4S/c1-29(26,27)23-9-7-16(8-10-23)18-12-21-13-19(22-18)24-17(14-28-20(24)25)11-15-5-3-2-4-6-15/h2-6,12-13,16-17H,7-11,14H2,1H3/t17-/m0/s1. The molecule has 154 valence electrons. The average Bonchev–Trinajstić information content (AvgIpc) is 3.08. The lowest BCUT2D eigenvalue weighted by Gasteiger charge is -2.30. The van der Waals surface area contributed by atoms with Crippen LogP contribution in [0.1, 0.15) is 30.0 Å². The fraction of sp³-hybridized carbons (Fsp3) is 0.450. The zero-order valence-corrected chi connectivity index (χ0v) is 17.1. The fourth-order valence-electron chi connectivity index (χ4n) is 3.94. The fourth-order valence-corrected chi connectivity index (χ4v) is 4.82. The minimum absolute atomic E-state index is 0.117. The van der Waals surface area contributed by atoms with Crippen LogP contribution in [0, 0.1) is 0 Å². The lowest BCUT2D eigenvalue weighted by molar-refractivity contribution is 0.178. The molecular weight excluding hydrogens is 392 g/mol. The number of rotatable bonds is 5. The van der Waals surface area contributed by atoms with E-state index in [0.29, 0.717) is 44.8 Å². The van der Waals surface area contributed by atoms with E-state index in [2.05, 4.69) is 4.98 Å². The van der Waals surface area contributed by atoms with Gasteiger partial charge in [-0.2, -0.15) is 0 Å². The minimum Gasteiger partial charge on any atom is -0.447 e. The summed E-state index contributed by atoms with van der Waals surface area (Å²) < 4.78 is 30.2. The van der Waals surface area contributed by atoms with Gasteiger partial charge in [0.25, 0.3) is 0 Å². The first-order valence-electron chi connectivity index (χ1n) is 9.69. The van der Waals surface area contributed by atoms with Gasteiger partial charge in [-0.05, 0) is 24.8 Å². The van der Waals surface area contributed by atoms with Crippen molar-refractivity contribution in [2.24, 2.45) is 0 Å². The second kappa shape index (κ2) is 8.08. The first-order valence-corrected chi connectivity index (χ1v) is 11.5. The highest BCUT2D eigenvalue weighted by Crippen LogP contribution is 2.30. The summed E-state index contributed by atoms with van der Waals surface area (Å²) in [6, 6.07) is 9.82. The van der Waals surface area contributed by atoms with Gasteiger partial charge in [0.05, 0.1) is 24.2 Å². The van der Waals surface area contributed by atoms with Crippen molar-refractivity contribution in [2.45, 2.75) is 31.2 Å². The number of cyclic esters (lactones) is 1. The van der Waals surface area contributed by atoms with E-state index >= 15 is 0 Å². The maximum atomic E-state index is 12.4. The molecule has 0 radical (unpaired) electrons. The maximum absolute atomic E-state index is 12.4. The highest BCUT2D eigenvalue weighted by atomic mass is 32.2. The van der Waals surface area contributed by atoms with Gasteiger partial charge in [0.2, 0.25) is 10.0 Å². The van der Waals surface area contributed by atoms with E-state index in [1.54, 1.807) is 17.3 Å². The molecular formula is C20H24N4O4S. The van der Waals surface area contributed by atoms with Gasteiger partial charge >= 0.3 is 6.09 Å². The number of ether oxygens (including phenoxy) is 1. The zero-order chi connectivity index (χ0) is 20.4. The lowest BCUT2D eigenvalue weighted by atomic mass is 9.95. The summed E-state index contributed by atoms with van der Waals surface area (Å²) in [5.41, 5.74) is 1.91. The number of sulfonamides is 1. The second-order valence-corrected chi connectivity index (χ2v) is 9.51. The predicted octanol–water partition coefficient (Wildman–Crippen LogP) is 2.18. The molecule has 1 atom stereocenters. The summed E-state index contributed by atoms with van der Waals surface area (Å²) in [6.07, 6.45) is 6.15. The summed E-state index contributed by atoms with van der Waals surface area (Å²) in [5.74, 6) is 0.600. The molecule has 29 heavy (non-hydrogen) atoms. The third-order valence-corrected chi connectivity index (χ3v) is 6.81. The maximum Gasteiger partial charge on any atom is 0.415 e. The number of anilines is 1. The first kappa shape index (κ1) is 19.8. The van der Waals surface area contributed by atoms with Gasteiger partial charge in [-0.3, -0.25) is 9.88 Å². The van der Waals surface area contributed by atoms with Crippen LogP contribution < -0.4 is 4.90 Å². The SMILES string of the molecule is CS(=O)(=O)N1CCC(c2cncc(N3C(=O)OC[C@@H]3Cc3ccccc3)n2)CC1. The van der Waals surface area contributed by atoms with Gasteiger partial charge in [-0.1, -0.05) is 30.3 Å². The highest BCUT2D eigenvalue weighted by molar-refractivity contribution is 7.88. The molecule has 9 heteroatoms. The quantitative estimate of drug-likeness (QED) is 0.742. The van der Waals surface area contributed by atoms with Crippen LogP contribution >= 0.6 is 0 Å². The Labute approximate surface area is 170 Å². The molecule has 0 unspecified atom stereocenters. The van der Waals surface area contributed by atoms with Gasteiger partial charge in [-0.25, -0.2) is 22.5 Å². The number of carbonyl (C=O) groups is 1. The predicted molar refractivity (Wildman–Crippen MR) is 108 cm³/mol. The summed E-state index contributed by atoms with van der Waals surface area (Å²) >= 11 is 0. The van der Waals surface area contributed by atoms with Crippen LogP contribution in [0.15, 0.2) is 42.7 Å². The van der Waals surface area contributed by atoms with Gasteiger partial charge < -0.3 is 4.74 Å². The van der Waals surface area contributed by atoms with E-state index in [9.17, 15) is 13.2 Å². The van der Waals surface area contributed by atoms with E-state index < -0.39 is 16.1 Å². The molecule has 2 aromatic rings. The van der Waals surface area contributed by atoms with E-state index in [4.69, 9.17) is 9.72 Å². The molecule has 0 N–H and O–H groups in total. The largest absolute Gasteiger partial charge is 0.447 e. The van der Waals surface area contributed by atoms with E-state index in [0.717, 1.165) is 11.3 Å². The highest BCUT2D eigenvalue weighted by Gasteiger charge is 2.36. The molecule has 3 heterocycles. The van der Waals surface area contributed by atoms with Crippen molar-refractivity contribution in [1.29, 1.82) is 0 Å². The molecule has 1 aromatic carbocycles. The Morgan fingerprint density at radius 2 is 1.86 bits per heavy atom. The second-order valence-electron chi connectivity index (χ2n) is 7.53. The number of piperidine rings is 1. The molecule has 2 aliphatic heterocycles. The number of carbonyl (C=O) groups excluding carboxylic acids is 1. The number of hydrogen-bond acceptors (Lipinski definition) is 6.